The third-order valence-electron chi connectivity index (χ3n) is 3.94. The molecule has 0 atom stereocenters. The summed E-state index contributed by atoms with van der Waals surface area (Å²) in [5, 5.41) is 3.43. The molecule has 0 spiro atoms. The number of ether oxygens (including phenoxy) is 2. The van der Waals surface area contributed by atoms with Crippen LogP contribution >= 0.6 is 0 Å². The van der Waals surface area contributed by atoms with Gasteiger partial charge in [0.2, 0.25) is 0 Å². The molecule has 0 amide bonds. The maximum Gasteiger partial charge on any atom is 0.161 e. The zero-order chi connectivity index (χ0) is 17.4. The van der Waals surface area contributed by atoms with Crippen molar-refractivity contribution in [1.29, 1.82) is 0 Å². The summed E-state index contributed by atoms with van der Waals surface area (Å²) in [6, 6.07) is 14.4. The summed E-state index contributed by atoms with van der Waals surface area (Å²) in [4.78, 5) is 2.16. The minimum Gasteiger partial charge on any atom is -0.493 e. The van der Waals surface area contributed by atoms with E-state index in [2.05, 4.69) is 49.4 Å². The van der Waals surface area contributed by atoms with Crippen LogP contribution in [0, 0.1) is 6.92 Å². The van der Waals surface area contributed by atoms with Gasteiger partial charge in [-0.1, -0.05) is 30.3 Å². The Morgan fingerprint density at radius 1 is 1.04 bits per heavy atom. The van der Waals surface area contributed by atoms with Crippen LogP contribution in [-0.2, 0) is 13.2 Å². The minimum absolute atomic E-state index is 0.545. The molecule has 0 unspecified atom stereocenters. The molecule has 2 rings (SSSR count). The molecule has 0 heterocycles. The maximum absolute atomic E-state index is 5.95. The Labute approximate surface area is 145 Å². The SMILES string of the molecule is COc1cc(CNCCN(C)C)ccc1OCc1ccccc1C. The van der Waals surface area contributed by atoms with Crippen LogP contribution in [0.2, 0.25) is 0 Å². The summed E-state index contributed by atoms with van der Waals surface area (Å²) in [6.07, 6.45) is 0. The van der Waals surface area contributed by atoms with E-state index in [1.54, 1.807) is 7.11 Å². The average molecular weight is 328 g/mol. The van der Waals surface area contributed by atoms with Crippen LogP contribution < -0.4 is 14.8 Å². The highest BCUT2D eigenvalue weighted by Crippen LogP contribution is 2.29. The molecule has 0 aliphatic carbocycles. The summed E-state index contributed by atoms with van der Waals surface area (Å²) in [6.45, 7) is 5.44. The van der Waals surface area contributed by atoms with Crippen LogP contribution in [-0.4, -0.2) is 39.2 Å². The summed E-state index contributed by atoms with van der Waals surface area (Å²) in [5.41, 5.74) is 3.61. The molecule has 4 nitrogen and oxygen atoms in total. The molecule has 0 aliphatic heterocycles. The lowest BCUT2D eigenvalue weighted by Crippen LogP contribution is -2.26. The van der Waals surface area contributed by atoms with Gasteiger partial charge in [-0.3, -0.25) is 0 Å². The van der Waals surface area contributed by atoms with Crippen molar-refractivity contribution in [3.8, 4) is 11.5 Å². The van der Waals surface area contributed by atoms with Gasteiger partial charge in [0.25, 0.3) is 0 Å². The van der Waals surface area contributed by atoms with Gasteiger partial charge in [-0.15, -0.1) is 0 Å². The predicted molar refractivity (Wildman–Crippen MR) is 98.8 cm³/mol. The summed E-state index contributed by atoms with van der Waals surface area (Å²) in [5.74, 6) is 1.55. The van der Waals surface area contributed by atoms with E-state index in [0.29, 0.717) is 6.61 Å². The van der Waals surface area contributed by atoms with E-state index in [0.717, 1.165) is 31.1 Å². The van der Waals surface area contributed by atoms with Gasteiger partial charge < -0.3 is 19.7 Å². The molecule has 0 saturated carbocycles. The number of hydrogen-bond acceptors (Lipinski definition) is 4. The molecule has 0 radical (unpaired) electrons. The van der Waals surface area contributed by atoms with E-state index in [-0.39, 0.29) is 0 Å². The number of nitrogens with zero attached hydrogens (tertiary/aromatic N) is 1. The lowest BCUT2D eigenvalue weighted by atomic mass is 10.1. The quantitative estimate of drug-likeness (QED) is 0.717. The summed E-state index contributed by atoms with van der Waals surface area (Å²) >= 11 is 0. The smallest absolute Gasteiger partial charge is 0.161 e. The molecule has 0 fully saturated rings. The number of aryl methyl sites for hydroxylation is 1. The summed E-state index contributed by atoms with van der Waals surface area (Å²) in [7, 11) is 5.83. The van der Waals surface area contributed by atoms with Crippen LogP contribution in [0.3, 0.4) is 0 Å². The van der Waals surface area contributed by atoms with Crippen LogP contribution in [0.1, 0.15) is 16.7 Å². The molecule has 0 saturated heterocycles. The Kier molecular flexibility index (Phi) is 7.09. The zero-order valence-electron chi connectivity index (χ0n) is 15.1. The maximum atomic E-state index is 5.95. The average Bonchev–Trinajstić information content (AvgIpc) is 2.58. The van der Waals surface area contributed by atoms with Gasteiger partial charge in [0, 0.05) is 19.6 Å². The second-order valence-corrected chi connectivity index (χ2v) is 6.18. The largest absolute Gasteiger partial charge is 0.493 e. The van der Waals surface area contributed by atoms with Gasteiger partial charge in [-0.2, -0.15) is 0 Å². The number of methoxy groups -OCH3 is 1. The van der Waals surface area contributed by atoms with Crippen molar-refractivity contribution in [3.05, 3.63) is 59.2 Å². The second-order valence-electron chi connectivity index (χ2n) is 6.18. The van der Waals surface area contributed by atoms with E-state index in [9.17, 15) is 0 Å². The Bertz CT molecular complexity index is 641. The van der Waals surface area contributed by atoms with Crippen molar-refractivity contribution < 1.29 is 9.47 Å². The molecular weight excluding hydrogens is 300 g/mol. The Morgan fingerprint density at radius 3 is 2.54 bits per heavy atom. The number of hydrogen-bond donors (Lipinski definition) is 1. The van der Waals surface area contributed by atoms with Crippen molar-refractivity contribution in [2.45, 2.75) is 20.1 Å². The van der Waals surface area contributed by atoms with E-state index in [4.69, 9.17) is 9.47 Å². The first-order valence-electron chi connectivity index (χ1n) is 8.30. The molecule has 2 aromatic carbocycles. The monoisotopic (exact) mass is 328 g/mol. The van der Waals surface area contributed by atoms with Crippen LogP contribution in [0.25, 0.3) is 0 Å². The van der Waals surface area contributed by atoms with Crippen molar-refractivity contribution in [2.75, 3.05) is 34.3 Å². The topological polar surface area (TPSA) is 33.7 Å². The third-order valence-corrected chi connectivity index (χ3v) is 3.94. The molecule has 0 aromatic heterocycles. The standard InChI is InChI=1S/C20H28N2O2/c1-16-7-5-6-8-18(16)15-24-19-10-9-17(13-20(19)23-4)14-21-11-12-22(2)3/h5-10,13,21H,11-12,14-15H2,1-4H3. The Hall–Kier alpha value is -2.04. The highest BCUT2D eigenvalue weighted by atomic mass is 16.5. The fourth-order valence-corrected chi connectivity index (χ4v) is 2.40. The lowest BCUT2D eigenvalue weighted by molar-refractivity contribution is 0.283. The molecule has 2 aromatic rings. The normalized spacial score (nSPS) is 10.9. The molecule has 4 heteroatoms. The molecule has 0 aliphatic rings. The van der Waals surface area contributed by atoms with Crippen LogP contribution in [0.15, 0.2) is 42.5 Å². The first-order chi connectivity index (χ1) is 11.6. The van der Waals surface area contributed by atoms with Gasteiger partial charge in [-0.05, 0) is 49.8 Å². The first kappa shape index (κ1) is 18.3. The van der Waals surface area contributed by atoms with E-state index >= 15 is 0 Å². The third kappa shape index (κ3) is 5.55. The Balaban J connectivity index is 1.94. The van der Waals surface area contributed by atoms with Crippen molar-refractivity contribution in [1.82, 2.24) is 10.2 Å². The van der Waals surface area contributed by atoms with Gasteiger partial charge >= 0.3 is 0 Å². The zero-order valence-corrected chi connectivity index (χ0v) is 15.1. The Morgan fingerprint density at radius 2 is 1.83 bits per heavy atom. The van der Waals surface area contributed by atoms with E-state index < -0.39 is 0 Å². The number of likely N-dealkylation sites (N-methyl/N-ethyl adjacent to an activating group) is 1. The molecular formula is C20H28N2O2. The van der Waals surface area contributed by atoms with Gasteiger partial charge in [0.15, 0.2) is 11.5 Å². The van der Waals surface area contributed by atoms with Gasteiger partial charge in [0.1, 0.15) is 6.61 Å². The van der Waals surface area contributed by atoms with Gasteiger partial charge in [-0.25, -0.2) is 0 Å². The van der Waals surface area contributed by atoms with E-state index in [1.807, 2.05) is 24.3 Å². The molecule has 1 N–H and O–H groups in total. The highest BCUT2D eigenvalue weighted by molar-refractivity contribution is 5.43. The van der Waals surface area contributed by atoms with Crippen molar-refractivity contribution in [2.24, 2.45) is 0 Å². The van der Waals surface area contributed by atoms with Crippen LogP contribution in [0.4, 0.5) is 0 Å². The second kappa shape index (κ2) is 9.30. The number of nitrogens with one attached hydrogen (secondary N) is 1. The van der Waals surface area contributed by atoms with Crippen LogP contribution in [0.5, 0.6) is 11.5 Å². The number of benzene rings is 2. The number of rotatable bonds is 9. The predicted octanol–water partition coefficient (Wildman–Crippen LogP) is 3.23. The fourth-order valence-electron chi connectivity index (χ4n) is 2.40. The fraction of sp³-hybridized carbons (Fsp3) is 0.400. The summed E-state index contributed by atoms with van der Waals surface area (Å²) < 4.78 is 11.4. The lowest BCUT2D eigenvalue weighted by Gasteiger charge is -2.14. The van der Waals surface area contributed by atoms with Crippen molar-refractivity contribution in [3.63, 3.8) is 0 Å². The highest BCUT2D eigenvalue weighted by Gasteiger charge is 2.07. The molecule has 24 heavy (non-hydrogen) atoms. The minimum atomic E-state index is 0.545. The van der Waals surface area contributed by atoms with Crippen molar-refractivity contribution >= 4 is 0 Å². The first-order valence-corrected chi connectivity index (χ1v) is 8.30. The van der Waals surface area contributed by atoms with Gasteiger partial charge in [0.05, 0.1) is 7.11 Å². The van der Waals surface area contributed by atoms with E-state index in [1.165, 1.54) is 16.7 Å². The molecule has 0 bridgehead atoms. The molecule has 130 valence electrons.